The molecular formula is C29H33NO3. The minimum absolute atomic E-state index is 0.0485. The number of carbonyl (C=O) groups is 1. The fourth-order valence-corrected chi connectivity index (χ4v) is 3.95. The number of hydrogen-bond acceptors (Lipinski definition) is 4. The van der Waals surface area contributed by atoms with Crippen molar-refractivity contribution in [3.05, 3.63) is 88.8 Å². The number of ether oxygens (including phenoxy) is 2. The summed E-state index contributed by atoms with van der Waals surface area (Å²) in [6.07, 6.45) is 4.01. The zero-order valence-electron chi connectivity index (χ0n) is 20.4. The van der Waals surface area contributed by atoms with E-state index in [0.29, 0.717) is 17.9 Å². The highest BCUT2D eigenvalue weighted by atomic mass is 16.5. The van der Waals surface area contributed by atoms with Crippen LogP contribution < -0.4 is 4.74 Å². The summed E-state index contributed by atoms with van der Waals surface area (Å²) < 4.78 is 11.5. The van der Waals surface area contributed by atoms with E-state index in [-0.39, 0.29) is 17.8 Å². The number of esters is 1. The number of pyridine rings is 1. The topological polar surface area (TPSA) is 48.4 Å². The number of allylic oxidation sites excluding steroid dienone is 1. The molecule has 0 aliphatic rings. The minimum Gasteiger partial charge on any atom is -0.488 e. The van der Waals surface area contributed by atoms with E-state index in [1.165, 1.54) is 7.11 Å². The largest absolute Gasteiger partial charge is 0.488 e. The summed E-state index contributed by atoms with van der Waals surface area (Å²) in [5.41, 5.74) is 5.87. The van der Waals surface area contributed by atoms with E-state index in [9.17, 15) is 4.79 Å². The van der Waals surface area contributed by atoms with Gasteiger partial charge in [-0.25, -0.2) is 4.79 Å². The van der Waals surface area contributed by atoms with Crippen molar-refractivity contribution < 1.29 is 14.3 Å². The molecule has 0 spiro atoms. The van der Waals surface area contributed by atoms with Crippen LogP contribution in [0.5, 0.6) is 5.75 Å². The third-order valence-corrected chi connectivity index (χ3v) is 5.50. The molecule has 1 heterocycles. The van der Waals surface area contributed by atoms with Gasteiger partial charge in [-0.15, -0.1) is 0 Å². The molecule has 1 aromatic heterocycles. The minimum atomic E-state index is -0.389. The van der Waals surface area contributed by atoms with Crippen LogP contribution in [0.2, 0.25) is 0 Å². The molecule has 0 aliphatic carbocycles. The summed E-state index contributed by atoms with van der Waals surface area (Å²) in [5, 5.41) is 0. The molecule has 0 saturated heterocycles. The summed E-state index contributed by atoms with van der Waals surface area (Å²) in [7, 11) is 1.42. The van der Waals surface area contributed by atoms with Crippen LogP contribution in [0.25, 0.3) is 17.2 Å². The zero-order valence-corrected chi connectivity index (χ0v) is 20.4. The first kappa shape index (κ1) is 24.2. The van der Waals surface area contributed by atoms with Crippen LogP contribution in [0.3, 0.4) is 0 Å². The Bertz CT molecular complexity index is 1130. The van der Waals surface area contributed by atoms with Gasteiger partial charge < -0.3 is 9.47 Å². The van der Waals surface area contributed by atoms with E-state index in [1.807, 2.05) is 73.7 Å². The maximum absolute atomic E-state index is 13.1. The molecule has 3 aromatic rings. The number of carbonyl (C=O) groups excluding carboxylic acids is 1. The third-order valence-electron chi connectivity index (χ3n) is 5.50. The quantitative estimate of drug-likeness (QED) is 0.340. The Kier molecular flexibility index (Phi) is 8.05. The Labute approximate surface area is 197 Å². The standard InChI is InChI=1S/C29H33NO3/c1-7-13-23-25(26(29(31)32-6)28(20(4)5)30-27(23)19(2)3)22-16-11-12-17-24(22)33-18-21-14-9-8-10-15-21/h7-17,19-20H,18H2,1-6H3/b13-7+. The van der Waals surface area contributed by atoms with Crippen LogP contribution in [0, 0.1) is 0 Å². The van der Waals surface area contributed by atoms with Crippen molar-refractivity contribution in [2.75, 3.05) is 7.11 Å². The average molecular weight is 444 g/mol. The number of hydrogen-bond donors (Lipinski definition) is 0. The van der Waals surface area contributed by atoms with Crippen molar-refractivity contribution in [1.29, 1.82) is 0 Å². The fraction of sp³-hybridized carbons (Fsp3) is 0.310. The van der Waals surface area contributed by atoms with Gasteiger partial charge in [0.2, 0.25) is 0 Å². The highest BCUT2D eigenvalue weighted by Gasteiger charge is 2.28. The summed E-state index contributed by atoms with van der Waals surface area (Å²) in [5.74, 6) is 0.553. The van der Waals surface area contributed by atoms with Gasteiger partial charge in [0, 0.05) is 16.7 Å². The summed E-state index contributed by atoms with van der Waals surface area (Å²) >= 11 is 0. The Balaban J connectivity index is 2.32. The smallest absolute Gasteiger partial charge is 0.340 e. The van der Waals surface area contributed by atoms with E-state index >= 15 is 0 Å². The van der Waals surface area contributed by atoms with Crippen molar-refractivity contribution in [2.45, 2.75) is 53.1 Å². The maximum Gasteiger partial charge on any atom is 0.340 e. The lowest BCUT2D eigenvalue weighted by atomic mass is 9.86. The van der Waals surface area contributed by atoms with Crippen LogP contribution >= 0.6 is 0 Å². The van der Waals surface area contributed by atoms with Gasteiger partial charge in [-0.3, -0.25) is 4.98 Å². The number of nitrogens with zero attached hydrogens (tertiary/aromatic N) is 1. The van der Waals surface area contributed by atoms with Gasteiger partial charge in [0.15, 0.2) is 0 Å². The van der Waals surface area contributed by atoms with Crippen molar-refractivity contribution in [2.24, 2.45) is 0 Å². The van der Waals surface area contributed by atoms with Crippen LogP contribution in [-0.2, 0) is 11.3 Å². The Morgan fingerprint density at radius 3 is 2.18 bits per heavy atom. The van der Waals surface area contributed by atoms with E-state index in [0.717, 1.165) is 33.6 Å². The average Bonchev–Trinajstić information content (AvgIpc) is 2.82. The molecule has 0 atom stereocenters. The first-order chi connectivity index (χ1) is 15.9. The van der Waals surface area contributed by atoms with Gasteiger partial charge in [0.1, 0.15) is 12.4 Å². The Morgan fingerprint density at radius 1 is 0.939 bits per heavy atom. The highest BCUT2D eigenvalue weighted by molar-refractivity contribution is 6.02. The van der Waals surface area contributed by atoms with E-state index in [2.05, 4.69) is 27.7 Å². The molecule has 4 heteroatoms. The van der Waals surface area contributed by atoms with Gasteiger partial charge in [0.25, 0.3) is 0 Å². The molecule has 172 valence electrons. The molecule has 0 amide bonds. The number of para-hydroxylation sites is 1. The van der Waals surface area contributed by atoms with E-state index in [4.69, 9.17) is 14.5 Å². The van der Waals surface area contributed by atoms with Crippen molar-refractivity contribution in [3.63, 3.8) is 0 Å². The lowest BCUT2D eigenvalue weighted by molar-refractivity contribution is 0.0599. The molecular weight excluding hydrogens is 410 g/mol. The number of aromatic nitrogens is 1. The number of benzene rings is 2. The van der Waals surface area contributed by atoms with Crippen LogP contribution in [0.1, 0.15) is 79.3 Å². The molecule has 0 saturated carbocycles. The first-order valence-electron chi connectivity index (χ1n) is 11.4. The molecule has 0 fully saturated rings. The SMILES string of the molecule is C/C=C/c1c(C(C)C)nc(C(C)C)c(C(=O)OC)c1-c1ccccc1OCc1ccccc1. The normalized spacial score (nSPS) is 11.4. The first-order valence-corrected chi connectivity index (χ1v) is 11.4. The van der Waals surface area contributed by atoms with Gasteiger partial charge >= 0.3 is 5.97 Å². The van der Waals surface area contributed by atoms with E-state index in [1.54, 1.807) is 0 Å². The second kappa shape index (κ2) is 11.0. The molecule has 3 rings (SSSR count). The molecule has 0 aliphatic heterocycles. The number of methoxy groups -OCH3 is 1. The van der Waals surface area contributed by atoms with Crippen LogP contribution in [0.4, 0.5) is 0 Å². The lowest BCUT2D eigenvalue weighted by Crippen LogP contribution is -2.16. The van der Waals surface area contributed by atoms with Crippen LogP contribution in [-0.4, -0.2) is 18.1 Å². The monoisotopic (exact) mass is 443 g/mol. The second-order valence-corrected chi connectivity index (χ2v) is 8.62. The zero-order chi connectivity index (χ0) is 24.0. The van der Waals surface area contributed by atoms with Crippen molar-refractivity contribution in [1.82, 2.24) is 4.98 Å². The molecule has 0 radical (unpaired) electrons. The lowest BCUT2D eigenvalue weighted by Gasteiger charge is -2.23. The molecule has 2 aromatic carbocycles. The van der Waals surface area contributed by atoms with Gasteiger partial charge in [0.05, 0.1) is 24.1 Å². The Hall–Kier alpha value is -3.40. The molecule has 4 nitrogen and oxygen atoms in total. The second-order valence-electron chi connectivity index (χ2n) is 8.62. The van der Waals surface area contributed by atoms with Crippen molar-refractivity contribution >= 4 is 12.0 Å². The Morgan fingerprint density at radius 2 is 1.58 bits per heavy atom. The highest BCUT2D eigenvalue weighted by Crippen LogP contribution is 2.41. The van der Waals surface area contributed by atoms with Crippen LogP contribution in [0.15, 0.2) is 60.7 Å². The number of rotatable bonds is 8. The van der Waals surface area contributed by atoms with Crippen molar-refractivity contribution in [3.8, 4) is 16.9 Å². The summed E-state index contributed by atoms with van der Waals surface area (Å²) in [6.45, 7) is 10.8. The summed E-state index contributed by atoms with van der Waals surface area (Å²) in [4.78, 5) is 18.1. The van der Waals surface area contributed by atoms with Gasteiger partial charge in [-0.2, -0.15) is 0 Å². The predicted octanol–water partition coefficient (Wildman–Crippen LogP) is 7.39. The molecule has 0 bridgehead atoms. The molecule has 0 unspecified atom stereocenters. The molecule has 0 N–H and O–H groups in total. The predicted molar refractivity (Wildman–Crippen MR) is 135 cm³/mol. The van der Waals surface area contributed by atoms with Gasteiger partial charge in [-0.05, 0) is 30.4 Å². The van der Waals surface area contributed by atoms with Gasteiger partial charge in [-0.1, -0.05) is 88.4 Å². The third kappa shape index (κ3) is 5.33. The maximum atomic E-state index is 13.1. The molecule has 33 heavy (non-hydrogen) atoms. The van der Waals surface area contributed by atoms with E-state index < -0.39 is 0 Å². The summed E-state index contributed by atoms with van der Waals surface area (Å²) in [6, 6.07) is 17.9. The fourth-order valence-electron chi connectivity index (χ4n) is 3.95.